The fourth-order valence-electron chi connectivity index (χ4n) is 12.7. The van der Waals surface area contributed by atoms with Crippen LogP contribution < -0.4 is 15.0 Å². The minimum absolute atomic E-state index is 0.0435. The molecule has 68 heavy (non-hydrogen) atoms. The van der Waals surface area contributed by atoms with E-state index in [1.807, 2.05) is 90.2 Å². The Balaban J connectivity index is 0.978. The van der Waals surface area contributed by atoms with Gasteiger partial charge >= 0.3 is 12.1 Å². The molecule has 2 unspecified atom stereocenters. The first-order chi connectivity index (χ1) is 31.9. The third-order valence-corrected chi connectivity index (χ3v) is 15.1. The van der Waals surface area contributed by atoms with E-state index in [1.54, 1.807) is 25.1 Å². The van der Waals surface area contributed by atoms with Crippen molar-refractivity contribution in [3.63, 3.8) is 0 Å². The third-order valence-electron chi connectivity index (χ3n) is 14.2. The molecule has 14 nitrogen and oxygen atoms in total. The van der Waals surface area contributed by atoms with Gasteiger partial charge in [-0.3, -0.25) is 14.8 Å². The van der Waals surface area contributed by atoms with Crippen LogP contribution in [0.1, 0.15) is 132 Å². The van der Waals surface area contributed by atoms with E-state index in [2.05, 4.69) is 40.7 Å². The van der Waals surface area contributed by atoms with Crippen LogP contribution in [0.4, 0.5) is 15.7 Å². The highest BCUT2D eigenvalue weighted by Gasteiger charge is 2.66. The van der Waals surface area contributed by atoms with Gasteiger partial charge in [-0.15, -0.1) is 0 Å². The van der Waals surface area contributed by atoms with Crippen LogP contribution in [-0.2, 0) is 33.7 Å². The van der Waals surface area contributed by atoms with Gasteiger partial charge in [0.25, 0.3) is 5.91 Å². The number of benzene rings is 2. The Morgan fingerprint density at radius 1 is 0.882 bits per heavy atom. The van der Waals surface area contributed by atoms with Crippen LogP contribution in [0.15, 0.2) is 54.7 Å². The SMILES string of the molecule is COc1cc2c(c(C(=O)Nc3nc4ccccc4s3)c1)CN(c1ccc(-c3cnn(CC45CC6(C)CC(C)(C4)CC(OCCN(C)C(=O)OC(C)(C)C)(C6)C5)c3C)c(C(=O)OC(C)(C)C)n1)CC2. The predicted octanol–water partition coefficient (Wildman–Crippen LogP) is 10.6. The summed E-state index contributed by atoms with van der Waals surface area (Å²) in [6.45, 7) is 20.8. The number of rotatable bonds is 12. The van der Waals surface area contributed by atoms with Gasteiger partial charge in [0.05, 0.1) is 35.7 Å². The molecular formula is C53H67N7O7S. The Labute approximate surface area is 404 Å². The number of carbonyl (C=O) groups excluding carboxylic acids is 3. The van der Waals surface area contributed by atoms with Crippen molar-refractivity contribution in [1.82, 2.24) is 24.6 Å². The predicted molar refractivity (Wildman–Crippen MR) is 265 cm³/mol. The molecule has 362 valence electrons. The van der Waals surface area contributed by atoms with E-state index in [0.29, 0.717) is 60.5 Å². The molecule has 15 heteroatoms. The second-order valence-corrected chi connectivity index (χ2v) is 23.9. The molecule has 4 aliphatic carbocycles. The number of hydrogen-bond acceptors (Lipinski definition) is 12. The molecule has 5 aromatic rings. The number of methoxy groups -OCH3 is 1. The van der Waals surface area contributed by atoms with E-state index in [1.165, 1.54) is 17.8 Å². The Morgan fingerprint density at radius 2 is 1.60 bits per heavy atom. The van der Waals surface area contributed by atoms with Gasteiger partial charge in [0.2, 0.25) is 0 Å². The molecule has 4 heterocycles. The molecule has 10 rings (SSSR count). The summed E-state index contributed by atoms with van der Waals surface area (Å²) < 4.78 is 27.4. The smallest absolute Gasteiger partial charge is 0.410 e. The average Bonchev–Trinajstić information content (AvgIpc) is 3.81. The van der Waals surface area contributed by atoms with E-state index >= 15 is 0 Å². The molecule has 2 atom stereocenters. The van der Waals surface area contributed by atoms with E-state index in [0.717, 1.165) is 71.2 Å². The lowest BCUT2D eigenvalue weighted by Crippen LogP contribution is -2.64. The van der Waals surface area contributed by atoms with Gasteiger partial charge in [-0.05, 0) is 157 Å². The summed E-state index contributed by atoms with van der Waals surface area (Å²) >= 11 is 1.43. The minimum atomic E-state index is -0.756. The Bertz CT molecular complexity index is 2730. The Kier molecular flexibility index (Phi) is 12.0. The summed E-state index contributed by atoms with van der Waals surface area (Å²) in [6, 6.07) is 15.5. The van der Waals surface area contributed by atoms with Crippen LogP contribution in [-0.4, -0.2) is 93.3 Å². The number of carbonyl (C=O) groups is 3. The van der Waals surface area contributed by atoms with E-state index in [-0.39, 0.29) is 39.5 Å². The molecule has 0 radical (unpaired) electrons. The normalized spacial score (nSPS) is 24.2. The number of likely N-dealkylation sites (N-methyl/N-ethyl adjacent to an activating group) is 1. The van der Waals surface area contributed by atoms with Gasteiger partial charge in [0, 0.05) is 55.6 Å². The molecule has 0 spiro atoms. The molecule has 2 aromatic carbocycles. The monoisotopic (exact) mass is 945 g/mol. The van der Waals surface area contributed by atoms with Crippen molar-refractivity contribution in [3.8, 4) is 16.9 Å². The summed E-state index contributed by atoms with van der Waals surface area (Å²) in [4.78, 5) is 54.5. The first-order valence-electron chi connectivity index (χ1n) is 23.9. The number of pyridine rings is 1. The Morgan fingerprint density at radius 3 is 2.29 bits per heavy atom. The number of para-hydroxylation sites is 1. The highest BCUT2D eigenvalue weighted by atomic mass is 32.1. The van der Waals surface area contributed by atoms with E-state index < -0.39 is 17.2 Å². The maximum Gasteiger partial charge on any atom is 0.410 e. The van der Waals surface area contributed by atoms with Crippen LogP contribution in [0.5, 0.6) is 5.75 Å². The first kappa shape index (κ1) is 47.5. The lowest BCUT2D eigenvalue weighted by atomic mass is 9.39. The fraction of sp³-hybridized carbons (Fsp3) is 0.547. The number of aromatic nitrogens is 4. The van der Waals surface area contributed by atoms with Crippen molar-refractivity contribution in [2.24, 2.45) is 16.2 Å². The number of amides is 2. The second-order valence-electron chi connectivity index (χ2n) is 22.9. The average molecular weight is 946 g/mol. The topological polar surface area (TPSA) is 150 Å². The number of nitrogens with zero attached hydrogens (tertiary/aromatic N) is 6. The molecular weight excluding hydrogens is 879 g/mol. The largest absolute Gasteiger partial charge is 0.497 e. The molecule has 1 aliphatic heterocycles. The number of thiazole rings is 1. The van der Waals surface area contributed by atoms with Crippen LogP contribution in [0.25, 0.3) is 21.3 Å². The maximum absolute atomic E-state index is 14.2. The van der Waals surface area contributed by atoms with Gasteiger partial charge in [0.15, 0.2) is 10.8 Å². The zero-order valence-electron chi connectivity index (χ0n) is 41.6. The summed E-state index contributed by atoms with van der Waals surface area (Å²) in [7, 11) is 3.38. The van der Waals surface area contributed by atoms with E-state index in [4.69, 9.17) is 29.0 Å². The summed E-state index contributed by atoms with van der Waals surface area (Å²) in [6.07, 6.45) is 8.43. The van der Waals surface area contributed by atoms with Gasteiger partial charge in [-0.2, -0.15) is 5.10 Å². The van der Waals surface area contributed by atoms with Crippen LogP contribution in [0.3, 0.4) is 0 Å². The van der Waals surface area contributed by atoms with Crippen molar-refractivity contribution in [1.29, 1.82) is 0 Å². The molecule has 5 aliphatic rings. The van der Waals surface area contributed by atoms with Crippen molar-refractivity contribution in [2.75, 3.05) is 44.1 Å². The number of ether oxygens (including phenoxy) is 4. The van der Waals surface area contributed by atoms with Gasteiger partial charge in [-0.25, -0.2) is 19.6 Å². The molecule has 3 aromatic heterocycles. The minimum Gasteiger partial charge on any atom is -0.497 e. The molecule has 2 amide bonds. The van der Waals surface area contributed by atoms with Crippen LogP contribution in [0.2, 0.25) is 0 Å². The summed E-state index contributed by atoms with van der Waals surface area (Å²) in [5.41, 5.74) is 4.46. The maximum atomic E-state index is 14.2. The zero-order chi connectivity index (χ0) is 48.6. The van der Waals surface area contributed by atoms with Crippen molar-refractivity contribution in [3.05, 3.63) is 82.8 Å². The fourth-order valence-corrected chi connectivity index (χ4v) is 13.6. The summed E-state index contributed by atoms with van der Waals surface area (Å²) in [5.74, 6) is 0.430. The number of esters is 1. The molecule has 4 fully saturated rings. The number of anilines is 2. The van der Waals surface area contributed by atoms with Crippen LogP contribution in [0, 0.1) is 23.2 Å². The standard InChI is InChI=1S/C53H67N7O7S/c1-33-38(24-54-60(33)32-52-27-50(8)26-51(9,28-52)30-53(29-50,31-52)65-21-20-58(10)47(63)67-49(5,6)7)36-16-17-42(56-43(36)45(62)66-48(2,3)4)59-19-18-34-22-35(64-11)23-37(39(34)25-59)44(61)57-46-55-40-14-12-13-15-41(40)68-46/h12-17,22-24H,18-21,25-32H2,1-11H3,(H,55,57,61). The lowest BCUT2D eigenvalue weighted by Gasteiger charge is -2.69. The van der Waals surface area contributed by atoms with Crippen LogP contribution >= 0.6 is 11.3 Å². The van der Waals surface area contributed by atoms with Gasteiger partial charge < -0.3 is 28.7 Å². The molecule has 4 saturated carbocycles. The quantitative estimate of drug-likeness (QED) is 0.119. The second kappa shape index (κ2) is 17.1. The number of fused-ring (bicyclic) bond motifs is 2. The zero-order valence-corrected chi connectivity index (χ0v) is 42.4. The van der Waals surface area contributed by atoms with Crippen molar-refractivity contribution >= 4 is 50.5 Å². The molecule has 0 saturated heterocycles. The summed E-state index contributed by atoms with van der Waals surface area (Å²) in [5, 5.41) is 8.60. The lowest BCUT2D eigenvalue weighted by molar-refractivity contribution is -0.248. The number of nitrogens with one attached hydrogen (secondary N) is 1. The highest BCUT2D eigenvalue weighted by Crippen LogP contribution is 2.72. The van der Waals surface area contributed by atoms with Gasteiger partial charge in [-0.1, -0.05) is 37.3 Å². The molecule has 1 N–H and O–H groups in total. The Hall–Kier alpha value is -5.54. The van der Waals surface area contributed by atoms with Gasteiger partial charge in [0.1, 0.15) is 22.8 Å². The highest BCUT2D eigenvalue weighted by molar-refractivity contribution is 7.22. The third kappa shape index (κ3) is 9.70. The first-order valence-corrected chi connectivity index (χ1v) is 24.7. The van der Waals surface area contributed by atoms with E-state index in [9.17, 15) is 14.4 Å². The van der Waals surface area contributed by atoms with Crippen molar-refractivity contribution < 1.29 is 33.3 Å². The molecule has 4 bridgehead atoms. The number of hydrogen-bond donors (Lipinski definition) is 1. The van der Waals surface area contributed by atoms with Crippen molar-refractivity contribution in [2.45, 2.75) is 137 Å².